The van der Waals surface area contributed by atoms with E-state index in [2.05, 4.69) is 10.6 Å². The van der Waals surface area contributed by atoms with Gasteiger partial charge in [0.1, 0.15) is 5.78 Å². The molecular formula is C16H18N2O4. The summed E-state index contributed by atoms with van der Waals surface area (Å²) in [4.78, 5) is 45.8. The van der Waals surface area contributed by atoms with Crippen LogP contribution in [-0.4, -0.2) is 23.5 Å². The standard InChI is InChI=1S/C16H18N2O4/c1-10(19)17-13-4-2-3-11(7-13)8-14(20)9-12-5-6-15(21)18-16(12)22/h2-4,7,12H,5-6,8-9H2,1H3,(H,17,19)(H,18,21,22)/t12-/m1/s1. The molecule has 1 aliphatic heterocycles. The second-order valence-electron chi connectivity index (χ2n) is 5.45. The van der Waals surface area contributed by atoms with Crippen LogP contribution in [0.3, 0.4) is 0 Å². The molecule has 1 fully saturated rings. The molecule has 116 valence electrons. The maximum absolute atomic E-state index is 12.1. The number of Topliss-reactive ketones (excluding diaryl/α,β-unsaturated/α-hetero) is 1. The van der Waals surface area contributed by atoms with Gasteiger partial charge < -0.3 is 5.32 Å². The van der Waals surface area contributed by atoms with Crippen molar-refractivity contribution >= 4 is 29.2 Å². The Morgan fingerprint density at radius 3 is 2.77 bits per heavy atom. The number of hydrogen-bond donors (Lipinski definition) is 2. The van der Waals surface area contributed by atoms with Gasteiger partial charge in [0.25, 0.3) is 0 Å². The molecule has 1 saturated heterocycles. The summed E-state index contributed by atoms with van der Waals surface area (Å²) >= 11 is 0. The SMILES string of the molecule is CC(=O)Nc1cccc(CC(=O)C[C@H]2CCC(=O)NC2=O)c1. The number of piperidine rings is 1. The maximum Gasteiger partial charge on any atom is 0.230 e. The number of nitrogens with one attached hydrogen (secondary N) is 2. The molecule has 0 saturated carbocycles. The summed E-state index contributed by atoms with van der Waals surface area (Å²) in [6.45, 7) is 1.42. The summed E-state index contributed by atoms with van der Waals surface area (Å²) in [7, 11) is 0. The second-order valence-corrected chi connectivity index (χ2v) is 5.45. The fourth-order valence-electron chi connectivity index (χ4n) is 2.47. The van der Waals surface area contributed by atoms with Crippen LogP contribution in [-0.2, 0) is 25.6 Å². The van der Waals surface area contributed by atoms with Gasteiger partial charge in [0.2, 0.25) is 17.7 Å². The van der Waals surface area contributed by atoms with Gasteiger partial charge in [0.15, 0.2) is 0 Å². The quantitative estimate of drug-likeness (QED) is 0.799. The molecule has 0 unspecified atom stereocenters. The zero-order chi connectivity index (χ0) is 16.1. The molecular weight excluding hydrogens is 284 g/mol. The summed E-state index contributed by atoms with van der Waals surface area (Å²) < 4.78 is 0. The van der Waals surface area contributed by atoms with E-state index in [1.54, 1.807) is 24.3 Å². The van der Waals surface area contributed by atoms with E-state index in [1.807, 2.05) is 0 Å². The number of anilines is 1. The first-order valence-corrected chi connectivity index (χ1v) is 7.16. The van der Waals surface area contributed by atoms with E-state index in [0.717, 1.165) is 5.56 Å². The Morgan fingerprint density at radius 1 is 1.32 bits per heavy atom. The lowest BCUT2D eigenvalue weighted by Gasteiger charge is -2.20. The molecule has 0 aromatic heterocycles. The van der Waals surface area contributed by atoms with Crippen LogP contribution in [0.5, 0.6) is 0 Å². The van der Waals surface area contributed by atoms with E-state index in [4.69, 9.17) is 0 Å². The lowest BCUT2D eigenvalue weighted by Crippen LogP contribution is -2.41. The van der Waals surface area contributed by atoms with E-state index >= 15 is 0 Å². The van der Waals surface area contributed by atoms with Crippen LogP contribution in [0.1, 0.15) is 31.7 Å². The Labute approximate surface area is 128 Å². The number of benzene rings is 1. The van der Waals surface area contributed by atoms with Crippen molar-refractivity contribution in [3.63, 3.8) is 0 Å². The molecule has 0 bridgehead atoms. The topological polar surface area (TPSA) is 92.3 Å². The van der Waals surface area contributed by atoms with Gasteiger partial charge in [-0.15, -0.1) is 0 Å². The Balaban J connectivity index is 1.93. The number of ketones is 1. The van der Waals surface area contributed by atoms with E-state index in [1.165, 1.54) is 6.92 Å². The van der Waals surface area contributed by atoms with Gasteiger partial charge in [0, 0.05) is 37.8 Å². The molecule has 2 rings (SSSR count). The zero-order valence-electron chi connectivity index (χ0n) is 12.3. The van der Waals surface area contributed by atoms with Gasteiger partial charge in [0.05, 0.1) is 0 Å². The fourth-order valence-corrected chi connectivity index (χ4v) is 2.47. The van der Waals surface area contributed by atoms with E-state index < -0.39 is 5.92 Å². The highest BCUT2D eigenvalue weighted by atomic mass is 16.2. The average Bonchev–Trinajstić information content (AvgIpc) is 2.41. The molecule has 6 heteroatoms. The third-order valence-corrected chi connectivity index (χ3v) is 3.48. The monoisotopic (exact) mass is 302 g/mol. The van der Waals surface area contributed by atoms with Crippen LogP contribution in [0.2, 0.25) is 0 Å². The van der Waals surface area contributed by atoms with Crippen molar-refractivity contribution in [1.82, 2.24) is 5.32 Å². The van der Waals surface area contributed by atoms with Crippen molar-refractivity contribution in [3.05, 3.63) is 29.8 Å². The van der Waals surface area contributed by atoms with Crippen molar-refractivity contribution in [2.75, 3.05) is 5.32 Å². The molecule has 2 N–H and O–H groups in total. The first kappa shape index (κ1) is 15.9. The van der Waals surface area contributed by atoms with E-state index in [0.29, 0.717) is 12.1 Å². The molecule has 1 heterocycles. The molecule has 6 nitrogen and oxygen atoms in total. The number of hydrogen-bond acceptors (Lipinski definition) is 4. The number of imide groups is 1. The predicted molar refractivity (Wildman–Crippen MR) is 79.9 cm³/mol. The lowest BCUT2D eigenvalue weighted by molar-refractivity contribution is -0.138. The Kier molecular flexibility index (Phi) is 5.04. The largest absolute Gasteiger partial charge is 0.326 e. The van der Waals surface area contributed by atoms with Crippen LogP contribution in [0.4, 0.5) is 5.69 Å². The van der Waals surface area contributed by atoms with E-state index in [-0.39, 0.29) is 42.8 Å². The van der Waals surface area contributed by atoms with Crippen molar-refractivity contribution < 1.29 is 19.2 Å². The smallest absolute Gasteiger partial charge is 0.230 e. The van der Waals surface area contributed by atoms with Crippen LogP contribution in [0.15, 0.2) is 24.3 Å². The molecule has 1 aliphatic rings. The zero-order valence-corrected chi connectivity index (χ0v) is 12.3. The normalized spacial score (nSPS) is 17.8. The van der Waals surface area contributed by atoms with Crippen molar-refractivity contribution in [1.29, 1.82) is 0 Å². The predicted octanol–water partition coefficient (Wildman–Crippen LogP) is 1.20. The summed E-state index contributed by atoms with van der Waals surface area (Å²) in [6.07, 6.45) is 1.03. The van der Waals surface area contributed by atoms with Gasteiger partial charge in [-0.05, 0) is 24.1 Å². The van der Waals surface area contributed by atoms with Crippen LogP contribution < -0.4 is 10.6 Å². The number of rotatable bonds is 5. The van der Waals surface area contributed by atoms with Crippen LogP contribution >= 0.6 is 0 Å². The maximum atomic E-state index is 12.1. The lowest BCUT2D eigenvalue weighted by atomic mass is 9.91. The molecule has 0 spiro atoms. The fraction of sp³-hybridized carbons (Fsp3) is 0.375. The van der Waals surface area contributed by atoms with Gasteiger partial charge in [-0.2, -0.15) is 0 Å². The Bertz CT molecular complexity index is 624. The van der Waals surface area contributed by atoms with Gasteiger partial charge in [-0.3, -0.25) is 24.5 Å². The number of amides is 3. The molecule has 1 aromatic rings. The van der Waals surface area contributed by atoms with Gasteiger partial charge >= 0.3 is 0 Å². The van der Waals surface area contributed by atoms with Crippen molar-refractivity contribution in [3.8, 4) is 0 Å². The minimum atomic E-state index is -0.427. The molecule has 0 radical (unpaired) electrons. The van der Waals surface area contributed by atoms with Crippen LogP contribution in [0, 0.1) is 5.92 Å². The van der Waals surface area contributed by atoms with E-state index in [9.17, 15) is 19.2 Å². The minimum Gasteiger partial charge on any atom is -0.326 e. The highest BCUT2D eigenvalue weighted by Crippen LogP contribution is 2.18. The highest BCUT2D eigenvalue weighted by Gasteiger charge is 2.28. The molecule has 3 amide bonds. The summed E-state index contributed by atoms with van der Waals surface area (Å²) in [5, 5.41) is 4.91. The third kappa shape index (κ3) is 4.51. The Hall–Kier alpha value is -2.50. The number of carbonyl (C=O) groups excluding carboxylic acids is 4. The highest BCUT2D eigenvalue weighted by molar-refractivity contribution is 6.00. The van der Waals surface area contributed by atoms with Crippen LogP contribution in [0.25, 0.3) is 0 Å². The van der Waals surface area contributed by atoms with Gasteiger partial charge in [-0.25, -0.2) is 0 Å². The third-order valence-electron chi connectivity index (χ3n) is 3.48. The molecule has 22 heavy (non-hydrogen) atoms. The van der Waals surface area contributed by atoms with Crippen molar-refractivity contribution in [2.24, 2.45) is 5.92 Å². The minimum absolute atomic E-state index is 0.0607. The Morgan fingerprint density at radius 2 is 2.09 bits per heavy atom. The number of carbonyl (C=O) groups is 4. The summed E-state index contributed by atoms with van der Waals surface area (Å²) in [5.74, 6) is -1.31. The molecule has 1 aromatic carbocycles. The van der Waals surface area contributed by atoms with Gasteiger partial charge in [-0.1, -0.05) is 12.1 Å². The summed E-state index contributed by atoms with van der Waals surface area (Å²) in [5.41, 5.74) is 1.42. The molecule has 0 aliphatic carbocycles. The second kappa shape index (κ2) is 6.98. The van der Waals surface area contributed by atoms with Crippen molar-refractivity contribution in [2.45, 2.75) is 32.6 Å². The average molecular weight is 302 g/mol. The molecule has 1 atom stereocenters. The first-order valence-electron chi connectivity index (χ1n) is 7.16. The summed E-state index contributed by atoms with van der Waals surface area (Å²) in [6, 6.07) is 7.05. The first-order chi connectivity index (χ1) is 10.4.